The molecule has 2 unspecified atom stereocenters. The van der Waals surface area contributed by atoms with E-state index < -0.39 is 6.04 Å². The lowest BCUT2D eigenvalue weighted by Crippen LogP contribution is -2.40. The van der Waals surface area contributed by atoms with E-state index in [2.05, 4.69) is 5.32 Å². The molecule has 0 saturated heterocycles. The van der Waals surface area contributed by atoms with E-state index in [1.807, 2.05) is 6.92 Å². The monoisotopic (exact) mass is 174 g/mol. The molecular formula is C8H18N2O2. The Labute approximate surface area is 73.1 Å². The van der Waals surface area contributed by atoms with Crippen LogP contribution >= 0.6 is 0 Å². The zero-order valence-corrected chi connectivity index (χ0v) is 7.71. The van der Waals surface area contributed by atoms with Crippen LogP contribution in [-0.4, -0.2) is 30.2 Å². The second-order valence-corrected chi connectivity index (χ2v) is 3.15. The highest BCUT2D eigenvalue weighted by Gasteiger charge is 2.08. The Bertz CT molecular complexity index is 137. The van der Waals surface area contributed by atoms with Gasteiger partial charge in [0.25, 0.3) is 0 Å². The van der Waals surface area contributed by atoms with Crippen molar-refractivity contribution in [2.45, 2.75) is 26.3 Å². The SMILES string of the molecule is CC(CCO)CNC(=O)C(C)N. The number of carbonyl (C=O) groups excluding carboxylic acids is 1. The molecule has 0 aromatic heterocycles. The molecule has 0 aliphatic rings. The van der Waals surface area contributed by atoms with Crippen LogP contribution in [0.3, 0.4) is 0 Å². The average Bonchev–Trinajstić information content (AvgIpc) is 2.00. The second kappa shape index (κ2) is 5.97. The minimum atomic E-state index is -0.452. The van der Waals surface area contributed by atoms with E-state index in [4.69, 9.17) is 10.8 Å². The van der Waals surface area contributed by atoms with Gasteiger partial charge in [-0.15, -0.1) is 0 Å². The van der Waals surface area contributed by atoms with E-state index in [1.165, 1.54) is 0 Å². The fourth-order valence-electron chi connectivity index (χ4n) is 0.758. The molecule has 0 rings (SSSR count). The number of amides is 1. The third kappa shape index (κ3) is 5.09. The van der Waals surface area contributed by atoms with Crippen molar-refractivity contribution in [2.75, 3.05) is 13.2 Å². The van der Waals surface area contributed by atoms with Crippen molar-refractivity contribution >= 4 is 5.91 Å². The third-order valence-corrected chi connectivity index (χ3v) is 1.66. The molecule has 0 aliphatic heterocycles. The van der Waals surface area contributed by atoms with Crippen LogP contribution in [0.15, 0.2) is 0 Å². The summed E-state index contributed by atoms with van der Waals surface area (Å²) < 4.78 is 0. The van der Waals surface area contributed by atoms with Crippen molar-refractivity contribution in [1.82, 2.24) is 5.32 Å². The molecule has 4 N–H and O–H groups in total. The molecule has 4 nitrogen and oxygen atoms in total. The lowest BCUT2D eigenvalue weighted by Gasteiger charge is -2.12. The zero-order chi connectivity index (χ0) is 9.56. The molecule has 0 spiro atoms. The largest absolute Gasteiger partial charge is 0.396 e. The molecule has 0 heterocycles. The molecular weight excluding hydrogens is 156 g/mol. The summed E-state index contributed by atoms with van der Waals surface area (Å²) in [5.74, 6) is 0.164. The highest BCUT2D eigenvalue weighted by atomic mass is 16.3. The number of aliphatic hydroxyl groups is 1. The first-order chi connectivity index (χ1) is 5.57. The number of hydrogen-bond acceptors (Lipinski definition) is 3. The van der Waals surface area contributed by atoms with E-state index in [0.717, 1.165) is 0 Å². The van der Waals surface area contributed by atoms with E-state index >= 15 is 0 Å². The van der Waals surface area contributed by atoms with Gasteiger partial charge in [0, 0.05) is 13.2 Å². The number of hydrogen-bond donors (Lipinski definition) is 3. The summed E-state index contributed by atoms with van der Waals surface area (Å²) in [6, 6.07) is -0.452. The van der Waals surface area contributed by atoms with Crippen LogP contribution in [0, 0.1) is 5.92 Å². The van der Waals surface area contributed by atoms with Gasteiger partial charge in [0.15, 0.2) is 0 Å². The topological polar surface area (TPSA) is 75.3 Å². The molecule has 0 fully saturated rings. The Morgan fingerprint density at radius 2 is 2.17 bits per heavy atom. The van der Waals surface area contributed by atoms with Gasteiger partial charge in [-0.05, 0) is 19.3 Å². The molecule has 0 radical (unpaired) electrons. The average molecular weight is 174 g/mol. The molecule has 72 valence electrons. The van der Waals surface area contributed by atoms with Crippen molar-refractivity contribution in [3.63, 3.8) is 0 Å². The lowest BCUT2D eigenvalue weighted by molar-refractivity contribution is -0.122. The van der Waals surface area contributed by atoms with Gasteiger partial charge in [0.2, 0.25) is 5.91 Å². The maximum absolute atomic E-state index is 11.0. The first kappa shape index (κ1) is 11.4. The van der Waals surface area contributed by atoms with Gasteiger partial charge in [0.05, 0.1) is 6.04 Å². The summed E-state index contributed by atoms with van der Waals surface area (Å²) in [4.78, 5) is 11.0. The summed E-state index contributed by atoms with van der Waals surface area (Å²) in [6.07, 6.45) is 0.708. The maximum Gasteiger partial charge on any atom is 0.236 e. The van der Waals surface area contributed by atoms with Gasteiger partial charge < -0.3 is 16.2 Å². The molecule has 1 amide bonds. The lowest BCUT2D eigenvalue weighted by atomic mass is 10.1. The van der Waals surface area contributed by atoms with Crippen molar-refractivity contribution < 1.29 is 9.90 Å². The minimum Gasteiger partial charge on any atom is -0.396 e. The quantitative estimate of drug-likeness (QED) is 0.524. The second-order valence-electron chi connectivity index (χ2n) is 3.15. The predicted molar refractivity (Wildman–Crippen MR) is 47.5 cm³/mol. The van der Waals surface area contributed by atoms with Crippen LogP contribution in [0.25, 0.3) is 0 Å². The van der Waals surface area contributed by atoms with E-state index in [1.54, 1.807) is 6.92 Å². The normalized spacial score (nSPS) is 15.3. The van der Waals surface area contributed by atoms with Gasteiger partial charge in [0.1, 0.15) is 0 Å². The molecule has 2 atom stereocenters. The zero-order valence-electron chi connectivity index (χ0n) is 7.71. The first-order valence-electron chi connectivity index (χ1n) is 4.22. The minimum absolute atomic E-state index is 0.139. The Kier molecular flexibility index (Phi) is 5.66. The molecule has 12 heavy (non-hydrogen) atoms. The fraction of sp³-hybridized carbons (Fsp3) is 0.875. The molecule has 0 saturated carbocycles. The van der Waals surface area contributed by atoms with Crippen molar-refractivity contribution in [3.8, 4) is 0 Å². The van der Waals surface area contributed by atoms with E-state index in [9.17, 15) is 4.79 Å². The molecule has 0 aliphatic carbocycles. The Morgan fingerprint density at radius 3 is 2.58 bits per heavy atom. The molecule has 0 aromatic rings. The third-order valence-electron chi connectivity index (χ3n) is 1.66. The summed E-state index contributed by atoms with van der Waals surface area (Å²) in [6.45, 7) is 4.36. The molecule has 0 aromatic carbocycles. The molecule has 4 heteroatoms. The van der Waals surface area contributed by atoms with Gasteiger partial charge in [-0.1, -0.05) is 6.92 Å². The van der Waals surface area contributed by atoms with Gasteiger partial charge in [-0.25, -0.2) is 0 Å². The van der Waals surface area contributed by atoms with Crippen molar-refractivity contribution in [1.29, 1.82) is 0 Å². The number of carbonyl (C=O) groups is 1. The Hall–Kier alpha value is -0.610. The van der Waals surface area contributed by atoms with Gasteiger partial charge >= 0.3 is 0 Å². The maximum atomic E-state index is 11.0. The van der Waals surface area contributed by atoms with Gasteiger partial charge in [-0.3, -0.25) is 4.79 Å². The predicted octanol–water partition coefficient (Wildman–Crippen LogP) is -0.532. The standard InChI is InChI=1S/C8H18N2O2/c1-6(3-4-11)5-10-8(12)7(2)9/h6-7,11H,3-5,9H2,1-2H3,(H,10,12). The Morgan fingerprint density at radius 1 is 1.58 bits per heavy atom. The van der Waals surface area contributed by atoms with Crippen molar-refractivity contribution in [3.05, 3.63) is 0 Å². The van der Waals surface area contributed by atoms with E-state index in [0.29, 0.717) is 18.9 Å². The summed E-state index contributed by atoms with van der Waals surface area (Å²) in [5, 5.41) is 11.3. The Balaban J connectivity index is 3.47. The molecule has 0 bridgehead atoms. The first-order valence-corrected chi connectivity index (χ1v) is 4.22. The van der Waals surface area contributed by atoms with E-state index in [-0.39, 0.29) is 12.5 Å². The summed E-state index contributed by atoms with van der Waals surface area (Å²) in [5.41, 5.74) is 5.33. The van der Waals surface area contributed by atoms with Crippen LogP contribution in [0.5, 0.6) is 0 Å². The van der Waals surface area contributed by atoms with Crippen LogP contribution in [0.4, 0.5) is 0 Å². The summed E-state index contributed by atoms with van der Waals surface area (Å²) >= 11 is 0. The summed E-state index contributed by atoms with van der Waals surface area (Å²) in [7, 11) is 0. The highest BCUT2D eigenvalue weighted by molar-refractivity contribution is 5.80. The highest BCUT2D eigenvalue weighted by Crippen LogP contribution is 1.97. The van der Waals surface area contributed by atoms with Crippen LogP contribution in [0.2, 0.25) is 0 Å². The van der Waals surface area contributed by atoms with Crippen LogP contribution < -0.4 is 11.1 Å². The van der Waals surface area contributed by atoms with Crippen LogP contribution in [0.1, 0.15) is 20.3 Å². The van der Waals surface area contributed by atoms with Crippen LogP contribution in [-0.2, 0) is 4.79 Å². The fourth-order valence-corrected chi connectivity index (χ4v) is 0.758. The number of nitrogens with two attached hydrogens (primary N) is 1. The number of rotatable bonds is 5. The van der Waals surface area contributed by atoms with Crippen molar-refractivity contribution in [2.24, 2.45) is 11.7 Å². The number of aliphatic hydroxyl groups excluding tert-OH is 1. The number of nitrogens with one attached hydrogen (secondary N) is 1. The smallest absolute Gasteiger partial charge is 0.236 e. The van der Waals surface area contributed by atoms with Gasteiger partial charge in [-0.2, -0.15) is 0 Å².